The number of benzene rings is 1. The van der Waals surface area contributed by atoms with Crippen LogP contribution >= 0.6 is 0 Å². The normalized spacial score (nSPS) is 31.4. The fourth-order valence-corrected chi connectivity index (χ4v) is 6.02. The van der Waals surface area contributed by atoms with E-state index in [9.17, 15) is 14.4 Å². The van der Waals surface area contributed by atoms with Crippen LogP contribution in [-0.2, 0) is 21.5 Å². The van der Waals surface area contributed by atoms with Crippen molar-refractivity contribution in [2.24, 2.45) is 11.8 Å². The number of carbonyl (C=O) groups is 3. The SMILES string of the molecule is O=C(CN1C(=O)N[C@@]2(CCCc3ccccc32)C1=O)N1CC[C@H]2CCCC[C@@H]2C1. The molecule has 4 aliphatic rings. The summed E-state index contributed by atoms with van der Waals surface area (Å²) in [5, 5.41) is 2.95. The van der Waals surface area contributed by atoms with E-state index in [0.717, 1.165) is 54.3 Å². The molecule has 5 rings (SSSR count). The highest BCUT2D eigenvalue weighted by Crippen LogP contribution is 2.40. The monoisotopic (exact) mass is 395 g/mol. The molecule has 2 aliphatic heterocycles. The topological polar surface area (TPSA) is 69.7 Å². The Morgan fingerprint density at radius 3 is 2.72 bits per heavy atom. The van der Waals surface area contributed by atoms with Crippen molar-refractivity contribution in [2.75, 3.05) is 19.6 Å². The van der Waals surface area contributed by atoms with Gasteiger partial charge in [0.05, 0.1) is 0 Å². The first-order valence-corrected chi connectivity index (χ1v) is 11.1. The number of amides is 4. The number of aryl methyl sites for hydroxylation is 1. The van der Waals surface area contributed by atoms with Crippen molar-refractivity contribution < 1.29 is 14.4 Å². The smallest absolute Gasteiger partial charge is 0.325 e. The van der Waals surface area contributed by atoms with Gasteiger partial charge in [-0.3, -0.25) is 14.5 Å². The molecule has 1 aromatic rings. The molecule has 2 saturated heterocycles. The van der Waals surface area contributed by atoms with Crippen molar-refractivity contribution in [3.05, 3.63) is 35.4 Å². The predicted molar refractivity (Wildman–Crippen MR) is 108 cm³/mol. The molecule has 0 radical (unpaired) electrons. The molecule has 4 amide bonds. The Bertz CT molecular complexity index is 854. The zero-order chi connectivity index (χ0) is 20.0. The Morgan fingerprint density at radius 2 is 1.86 bits per heavy atom. The van der Waals surface area contributed by atoms with E-state index in [0.29, 0.717) is 12.3 Å². The Balaban J connectivity index is 1.32. The molecule has 1 aromatic carbocycles. The van der Waals surface area contributed by atoms with Crippen LogP contribution in [0.25, 0.3) is 0 Å². The molecule has 1 N–H and O–H groups in total. The number of urea groups is 1. The fourth-order valence-electron chi connectivity index (χ4n) is 6.02. The summed E-state index contributed by atoms with van der Waals surface area (Å²) in [6.07, 6.45) is 8.43. The van der Waals surface area contributed by atoms with E-state index >= 15 is 0 Å². The van der Waals surface area contributed by atoms with Crippen LogP contribution in [0.15, 0.2) is 24.3 Å². The standard InChI is InChI=1S/C23H29N3O3/c27-20(25-13-11-16-6-1-2-8-18(16)14-25)15-26-21(28)23(24-22(26)29)12-5-9-17-7-3-4-10-19(17)23/h3-4,7,10,16,18H,1-2,5-6,8-9,11-15H2,(H,24,29)/t16-,18-,23-/m1/s1. The van der Waals surface area contributed by atoms with Gasteiger partial charge in [-0.05, 0) is 55.1 Å². The van der Waals surface area contributed by atoms with Gasteiger partial charge in [0.1, 0.15) is 12.1 Å². The average molecular weight is 396 g/mol. The minimum Gasteiger partial charge on any atom is -0.341 e. The van der Waals surface area contributed by atoms with Crippen LogP contribution in [0.3, 0.4) is 0 Å². The molecular weight excluding hydrogens is 366 g/mol. The molecule has 1 saturated carbocycles. The zero-order valence-corrected chi connectivity index (χ0v) is 16.9. The van der Waals surface area contributed by atoms with E-state index in [1.807, 2.05) is 29.2 Å². The van der Waals surface area contributed by atoms with Crippen molar-refractivity contribution >= 4 is 17.8 Å². The first kappa shape index (κ1) is 18.6. The molecule has 3 fully saturated rings. The van der Waals surface area contributed by atoms with Gasteiger partial charge in [-0.25, -0.2) is 4.79 Å². The van der Waals surface area contributed by atoms with E-state index in [2.05, 4.69) is 5.32 Å². The fraction of sp³-hybridized carbons (Fsp3) is 0.609. The van der Waals surface area contributed by atoms with E-state index in [1.54, 1.807) is 0 Å². The lowest BCUT2D eigenvalue weighted by atomic mass is 9.75. The second kappa shape index (κ2) is 7.15. The third kappa shape index (κ3) is 3.04. The van der Waals surface area contributed by atoms with Crippen LogP contribution in [0.5, 0.6) is 0 Å². The van der Waals surface area contributed by atoms with Crippen LogP contribution in [0.4, 0.5) is 4.79 Å². The van der Waals surface area contributed by atoms with Gasteiger partial charge in [0, 0.05) is 13.1 Å². The lowest BCUT2D eigenvalue weighted by molar-refractivity contribution is -0.141. The number of nitrogens with one attached hydrogen (secondary N) is 1. The molecule has 6 nitrogen and oxygen atoms in total. The van der Waals surface area contributed by atoms with Crippen LogP contribution < -0.4 is 5.32 Å². The molecule has 0 aromatic heterocycles. The highest BCUT2D eigenvalue weighted by molar-refractivity contribution is 6.09. The first-order valence-electron chi connectivity index (χ1n) is 11.1. The Labute approximate surface area is 171 Å². The number of fused-ring (bicyclic) bond motifs is 3. The quantitative estimate of drug-likeness (QED) is 0.783. The number of piperidine rings is 1. The minimum absolute atomic E-state index is 0.0985. The van der Waals surface area contributed by atoms with E-state index in [1.165, 1.54) is 25.7 Å². The summed E-state index contributed by atoms with van der Waals surface area (Å²) in [6.45, 7) is 1.38. The van der Waals surface area contributed by atoms with Gasteiger partial charge < -0.3 is 10.2 Å². The van der Waals surface area contributed by atoms with Crippen molar-refractivity contribution in [3.8, 4) is 0 Å². The number of hydrogen-bond acceptors (Lipinski definition) is 3. The Morgan fingerprint density at radius 1 is 1.07 bits per heavy atom. The number of likely N-dealkylation sites (tertiary alicyclic amines) is 1. The number of carbonyl (C=O) groups excluding carboxylic acids is 3. The second-order valence-corrected chi connectivity index (χ2v) is 9.17. The maximum atomic E-state index is 13.4. The molecule has 2 heterocycles. The Hall–Kier alpha value is -2.37. The molecule has 2 aliphatic carbocycles. The molecule has 1 spiro atoms. The summed E-state index contributed by atoms with van der Waals surface area (Å²) in [5.74, 6) is 0.960. The maximum Gasteiger partial charge on any atom is 0.325 e. The van der Waals surface area contributed by atoms with E-state index in [-0.39, 0.29) is 18.4 Å². The lowest BCUT2D eigenvalue weighted by Crippen LogP contribution is -2.50. The van der Waals surface area contributed by atoms with Crippen LogP contribution in [0, 0.1) is 11.8 Å². The number of imide groups is 1. The van der Waals surface area contributed by atoms with E-state index in [4.69, 9.17) is 0 Å². The largest absolute Gasteiger partial charge is 0.341 e. The van der Waals surface area contributed by atoms with Gasteiger partial charge in [-0.15, -0.1) is 0 Å². The minimum atomic E-state index is -0.997. The lowest BCUT2D eigenvalue weighted by Gasteiger charge is -2.41. The molecular formula is C23H29N3O3. The number of nitrogens with zero attached hydrogens (tertiary/aromatic N) is 2. The predicted octanol–water partition coefficient (Wildman–Crippen LogP) is 2.81. The highest BCUT2D eigenvalue weighted by Gasteiger charge is 2.54. The summed E-state index contributed by atoms with van der Waals surface area (Å²) in [4.78, 5) is 42.1. The van der Waals surface area contributed by atoms with Crippen molar-refractivity contribution in [3.63, 3.8) is 0 Å². The molecule has 3 atom stereocenters. The molecule has 154 valence electrons. The van der Waals surface area contributed by atoms with Crippen molar-refractivity contribution in [2.45, 2.75) is 56.9 Å². The highest BCUT2D eigenvalue weighted by atomic mass is 16.2. The molecule has 6 heteroatoms. The van der Waals surface area contributed by atoms with Gasteiger partial charge in [-0.2, -0.15) is 0 Å². The second-order valence-electron chi connectivity index (χ2n) is 9.17. The zero-order valence-electron chi connectivity index (χ0n) is 16.9. The molecule has 0 bridgehead atoms. The van der Waals surface area contributed by atoms with E-state index < -0.39 is 11.6 Å². The van der Waals surface area contributed by atoms with Gasteiger partial charge in [0.15, 0.2) is 0 Å². The summed E-state index contributed by atoms with van der Waals surface area (Å²) in [5.41, 5.74) is 1.00. The average Bonchev–Trinajstić information content (AvgIpc) is 2.98. The van der Waals surface area contributed by atoms with Crippen LogP contribution in [0.1, 0.15) is 56.1 Å². The summed E-state index contributed by atoms with van der Waals surface area (Å²) < 4.78 is 0. The van der Waals surface area contributed by atoms with Crippen molar-refractivity contribution in [1.29, 1.82) is 0 Å². The Kier molecular flexibility index (Phi) is 4.60. The van der Waals surface area contributed by atoms with Crippen LogP contribution in [0.2, 0.25) is 0 Å². The van der Waals surface area contributed by atoms with Crippen LogP contribution in [-0.4, -0.2) is 47.3 Å². The van der Waals surface area contributed by atoms with Gasteiger partial charge in [0.25, 0.3) is 5.91 Å². The summed E-state index contributed by atoms with van der Waals surface area (Å²) in [6, 6.07) is 7.40. The third-order valence-electron chi connectivity index (χ3n) is 7.59. The number of hydrogen-bond donors (Lipinski definition) is 1. The maximum absolute atomic E-state index is 13.4. The van der Waals surface area contributed by atoms with Gasteiger partial charge in [-0.1, -0.05) is 43.5 Å². The van der Waals surface area contributed by atoms with Gasteiger partial charge >= 0.3 is 6.03 Å². The first-order chi connectivity index (χ1) is 14.1. The summed E-state index contributed by atoms with van der Waals surface area (Å²) in [7, 11) is 0. The molecule has 0 unspecified atom stereocenters. The van der Waals surface area contributed by atoms with Gasteiger partial charge in [0.2, 0.25) is 5.91 Å². The number of rotatable bonds is 2. The third-order valence-corrected chi connectivity index (χ3v) is 7.59. The summed E-state index contributed by atoms with van der Waals surface area (Å²) >= 11 is 0. The van der Waals surface area contributed by atoms with Crippen molar-refractivity contribution in [1.82, 2.24) is 15.1 Å². The molecule has 29 heavy (non-hydrogen) atoms.